The molecule has 0 aromatic heterocycles. The minimum atomic E-state index is -1.20. The van der Waals surface area contributed by atoms with Crippen LogP contribution in [-0.4, -0.2) is 51.5 Å². The molecule has 0 radical (unpaired) electrons. The third kappa shape index (κ3) is 6.07. The number of carbonyl (C=O) groups is 5. The summed E-state index contributed by atoms with van der Waals surface area (Å²) in [5.74, 6) is -1.18. The van der Waals surface area contributed by atoms with E-state index in [0.717, 1.165) is 56.1 Å². The van der Waals surface area contributed by atoms with Crippen molar-refractivity contribution in [2.24, 2.45) is 56.7 Å². The molecule has 1 amide bonds. The van der Waals surface area contributed by atoms with E-state index < -0.39 is 34.3 Å². The van der Waals surface area contributed by atoms with Gasteiger partial charge in [0, 0.05) is 18.3 Å². The van der Waals surface area contributed by atoms with Crippen molar-refractivity contribution < 1.29 is 38.9 Å². The van der Waals surface area contributed by atoms with Gasteiger partial charge in [0.2, 0.25) is 5.91 Å². The number of carboxylic acids is 2. The van der Waals surface area contributed by atoms with Gasteiger partial charge in [-0.2, -0.15) is 0 Å². The smallest absolute Gasteiger partial charge is 0.309 e. The van der Waals surface area contributed by atoms with Crippen LogP contribution in [0.15, 0.2) is 11.1 Å². The number of amides is 1. The standard InChI is InChI=1S/C40H61NO8/c1-22(2)31-26(42)19-40(41-29(43)20-35(3,4)33(45)46)18-17-38(9)23-13-14-27-37(7,8)28(49-30(44)21-36(5,6)34(47)48)15-16-39(27,10)24(23)11-12-25(38)32(31)40/h22-25,27-28H,11-21H2,1-10H3,(H,41,43)(H,45,46)(H,47,48)/t23?,24?,25?,27?,28?,38-,39?,40?/m0/s1. The maximum atomic E-state index is 13.8. The number of fused-ring (bicyclic) bond motifs is 7. The highest BCUT2D eigenvalue weighted by Crippen LogP contribution is 2.71. The first kappa shape index (κ1) is 37.5. The zero-order valence-electron chi connectivity index (χ0n) is 31.6. The molecule has 7 unspecified atom stereocenters. The Morgan fingerprint density at radius 2 is 1.39 bits per heavy atom. The van der Waals surface area contributed by atoms with Gasteiger partial charge in [0.1, 0.15) is 6.10 Å². The molecule has 0 aromatic rings. The number of carboxylic acid groups (broad SMARTS) is 2. The average molecular weight is 684 g/mol. The summed E-state index contributed by atoms with van der Waals surface area (Å²) in [4.78, 5) is 63.8. The van der Waals surface area contributed by atoms with Crippen LogP contribution in [0.25, 0.3) is 0 Å². The van der Waals surface area contributed by atoms with Crippen molar-refractivity contribution in [3.05, 3.63) is 11.1 Å². The second-order valence-electron chi connectivity index (χ2n) is 19.3. The van der Waals surface area contributed by atoms with E-state index in [1.54, 1.807) is 27.7 Å². The van der Waals surface area contributed by atoms with Gasteiger partial charge in [-0.15, -0.1) is 0 Å². The number of ketones is 1. The fourth-order valence-corrected chi connectivity index (χ4v) is 11.8. The molecule has 9 nitrogen and oxygen atoms in total. The SMILES string of the molecule is CC(C)C1=C2C3CCC4C(CCC5C(C)(C)C(OC(=O)CC(C)(C)C(=O)O)CCC45C)[C@]3(C)CCC2(NC(=O)CC(C)(C)C(=O)O)CC1=O. The summed E-state index contributed by atoms with van der Waals surface area (Å²) < 4.78 is 6.10. The number of hydrogen-bond donors (Lipinski definition) is 3. The number of ether oxygens (including phenoxy) is 1. The molecule has 0 heterocycles. The summed E-state index contributed by atoms with van der Waals surface area (Å²) in [6.07, 6.45) is 7.01. The predicted molar refractivity (Wildman–Crippen MR) is 185 cm³/mol. The number of esters is 1. The molecule has 9 heteroatoms. The summed E-state index contributed by atoms with van der Waals surface area (Å²) in [6.45, 7) is 19.8. The van der Waals surface area contributed by atoms with Crippen molar-refractivity contribution in [3.8, 4) is 0 Å². The highest BCUT2D eigenvalue weighted by atomic mass is 16.5. The number of carbonyl (C=O) groups excluding carboxylic acids is 3. The van der Waals surface area contributed by atoms with E-state index in [-0.39, 0.29) is 65.1 Å². The molecule has 0 saturated heterocycles. The number of aliphatic carboxylic acids is 2. The van der Waals surface area contributed by atoms with Crippen LogP contribution < -0.4 is 5.32 Å². The quantitative estimate of drug-likeness (QED) is 0.214. The molecule has 3 N–H and O–H groups in total. The minimum Gasteiger partial charge on any atom is -0.481 e. The van der Waals surface area contributed by atoms with Gasteiger partial charge < -0.3 is 20.3 Å². The fourth-order valence-electron chi connectivity index (χ4n) is 11.8. The Bertz CT molecular complexity index is 1460. The fraction of sp³-hybridized carbons (Fsp3) is 0.825. The molecule has 8 atom stereocenters. The highest BCUT2D eigenvalue weighted by molar-refractivity contribution is 6.02. The molecule has 5 aliphatic rings. The van der Waals surface area contributed by atoms with Crippen LogP contribution in [0, 0.1) is 56.7 Å². The number of Topliss-reactive ketones (excluding diaryl/α,β-unsaturated/α-hetero) is 1. The lowest BCUT2D eigenvalue weighted by molar-refractivity contribution is -0.203. The summed E-state index contributed by atoms with van der Waals surface area (Å²) in [5.41, 5.74) is -1.38. The maximum Gasteiger partial charge on any atom is 0.309 e. The summed E-state index contributed by atoms with van der Waals surface area (Å²) in [6, 6.07) is 0. The molecule has 4 saturated carbocycles. The molecule has 274 valence electrons. The van der Waals surface area contributed by atoms with E-state index >= 15 is 0 Å². The first-order valence-electron chi connectivity index (χ1n) is 18.7. The van der Waals surface area contributed by atoms with Gasteiger partial charge in [-0.25, -0.2) is 0 Å². The van der Waals surface area contributed by atoms with E-state index in [1.807, 2.05) is 0 Å². The van der Waals surface area contributed by atoms with E-state index in [2.05, 4.69) is 46.9 Å². The molecule has 5 aliphatic carbocycles. The summed E-state index contributed by atoms with van der Waals surface area (Å²) in [5, 5.41) is 22.5. The van der Waals surface area contributed by atoms with Gasteiger partial charge in [-0.05, 0) is 131 Å². The largest absolute Gasteiger partial charge is 0.481 e. The Hall–Kier alpha value is -2.71. The monoisotopic (exact) mass is 683 g/mol. The van der Waals surface area contributed by atoms with Gasteiger partial charge in [0.15, 0.2) is 5.78 Å². The number of allylic oxidation sites excluding steroid dienone is 1. The lowest BCUT2D eigenvalue weighted by Gasteiger charge is -2.67. The van der Waals surface area contributed by atoms with Crippen LogP contribution in [0.3, 0.4) is 0 Å². The topological polar surface area (TPSA) is 147 Å². The molecule has 49 heavy (non-hydrogen) atoms. The van der Waals surface area contributed by atoms with Gasteiger partial charge in [0.25, 0.3) is 0 Å². The van der Waals surface area contributed by atoms with Crippen LogP contribution in [0.4, 0.5) is 0 Å². The Morgan fingerprint density at radius 1 is 0.816 bits per heavy atom. The van der Waals surface area contributed by atoms with Crippen molar-refractivity contribution in [3.63, 3.8) is 0 Å². The summed E-state index contributed by atoms with van der Waals surface area (Å²) in [7, 11) is 0. The Labute approximate surface area is 292 Å². The molecular formula is C40H61NO8. The molecular weight excluding hydrogens is 622 g/mol. The Kier molecular flexibility index (Phi) is 9.36. The lowest BCUT2D eigenvalue weighted by Crippen LogP contribution is -2.64. The van der Waals surface area contributed by atoms with Crippen molar-refractivity contribution in [2.75, 3.05) is 0 Å². The molecule has 0 spiro atoms. The molecule has 0 aliphatic heterocycles. The van der Waals surface area contributed by atoms with Crippen LogP contribution >= 0.6 is 0 Å². The van der Waals surface area contributed by atoms with Gasteiger partial charge in [-0.3, -0.25) is 24.0 Å². The second-order valence-corrected chi connectivity index (χ2v) is 19.3. The van der Waals surface area contributed by atoms with E-state index in [9.17, 15) is 34.2 Å². The van der Waals surface area contributed by atoms with Crippen molar-refractivity contribution in [2.45, 2.75) is 152 Å². The Morgan fingerprint density at radius 3 is 1.98 bits per heavy atom. The molecule has 0 aromatic carbocycles. The zero-order chi connectivity index (χ0) is 36.7. The van der Waals surface area contributed by atoms with Crippen LogP contribution in [0.1, 0.15) is 140 Å². The van der Waals surface area contributed by atoms with E-state index in [1.165, 1.54) is 0 Å². The van der Waals surface area contributed by atoms with Crippen LogP contribution in [0.5, 0.6) is 0 Å². The lowest BCUT2D eigenvalue weighted by atomic mass is 9.38. The van der Waals surface area contributed by atoms with Gasteiger partial charge in [0.05, 0.1) is 22.8 Å². The number of hydrogen-bond acceptors (Lipinski definition) is 6. The molecule has 5 rings (SSSR count). The van der Waals surface area contributed by atoms with E-state index in [4.69, 9.17) is 4.74 Å². The number of rotatable bonds is 9. The predicted octanol–water partition coefficient (Wildman–Crippen LogP) is 7.36. The normalized spacial score (nSPS) is 37.0. The average Bonchev–Trinajstić information content (AvgIpc) is 3.25. The van der Waals surface area contributed by atoms with Crippen LogP contribution in [-0.2, 0) is 28.7 Å². The van der Waals surface area contributed by atoms with Gasteiger partial charge >= 0.3 is 17.9 Å². The first-order valence-corrected chi connectivity index (χ1v) is 18.7. The number of nitrogens with one attached hydrogen (secondary N) is 1. The zero-order valence-corrected chi connectivity index (χ0v) is 31.6. The maximum absolute atomic E-state index is 13.8. The summed E-state index contributed by atoms with van der Waals surface area (Å²) >= 11 is 0. The third-order valence-electron chi connectivity index (χ3n) is 14.6. The second kappa shape index (κ2) is 12.2. The van der Waals surface area contributed by atoms with Crippen molar-refractivity contribution >= 4 is 29.6 Å². The van der Waals surface area contributed by atoms with Gasteiger partial charge in [-0.1, -0.05) is 41.5 Å². The minimum absolute atomic E-state index is 0.0323. The van der Waals surface area contributed by atoms with Crippen molar-refractivity contribution in [1.29, 1.82) is 0 Å². The molecule has 4 fully saturated rings. The van der Waals surface area contributed by atoms with Crippen molar-refractivity contribution in [1.82, 2.24) is 5.32 Å². The highest BCUT2D eigenvalue weighted by Gasteiger charge is 2.66. The third-order valence-corrected chi connectivity index (χ3v) is 14.6. The first-order chi connectivity index (χ1) is 22.4. The Balaban J connectivity index is 1.41. The van der Waals surface area contributed by atoms with E-state index in [0.29, 0.717) is 24.2 Å². The molecule has 0 bridgehead atoms. The van der Waals surface area contributed by atoms with Crippen LogP contribution in [0.2, 0.25) is 0 Å².